The summed E-state index contributed by atoms with van der Waals surface area (Å²) in [6.07, 6.45) is 5.50. The lowest BCUT2D eigenvalue weighted by molar-refractivity contribution is 0.0607. The second-order valence-electron chi connectivity index (χ2n) is 5.80. The Morgan fingerprint density at radius 3 is 2.94 bits per heavy atom. The largest absolute Gasteiger partial charge is 0.316 e. The number of nitrogens with one attached hydrogen (secondary N) is 1. The predicted octanol–water partition coefficient (Wildman–Crippen LogP) is 3.37. The Hall–Kier alpha value is -0.0900. The summed E-state index contributed by atoms with van der Waals surface area (Å²) in [4.78, 5) is 4.03. The quantitative estimate of drug-likeness (QED) is 0.896. The SMILES string of the molecule is Clc1ccc(CN2CCCC3(CCCNC3)C2)s1. The van der Waals surface area contributed by atoms with E-state index in [0.717, 1.165) is 10.9 Å². The molecule has 100 valence electrons. The molecule has 4 heteroatoms. The maximum absolute atomic E-state index is 6.01. The zero-order valence-electron chi connectivity index (χ0n) is 10.8. The Balaban J connectivity index is 1.63. The highest BCUT2D eigenvalue weighted by atomic mass is 35.5. The molecule has 18 heavy (non-hydrogen) atoms. The van der Waals surface area contributed by atoms with Crippen molar-refractivity contribution < 1.29 is 0 Å². The first-order chi connectivity index (χ1) is 8.76. The normalized spacial score (nSPS) is 29.8. The molecule has 3 heterocycles. The van der Waals surface area contributed by atoms with Crippen molar-refractivity contribution in [3.63, 3.8) is 0 Å². The molecule has 0 aliphatic carbocycles. The fourth-order valence-corrected chi connectivity index (χ4v) is 4.61. The molecule has 0 aromatic carbocycles. The van der Waals surface area contributed by atoms with Crippen LogP contribution in [0, 0.1) is 5.41 Å². The van der Waals surface area contributed by atoms with E-state index in [1.54, 1.807) is 11.3 Å². The summed E-state index contributed by atoms with van der Waals surface area (Å²) in [6, 6.07) is 4.19. The molecule has 2 aliphatic heterocycles. The fourth-order valence-electron chi connectivity index (χ4n) is 3.48. The zero-order chi connectivity index (χ0) is 12.4. The van der Waals surface area contributed by atoms with Gasteiger partial charge in [-0.3, -0.25) is 4.90 Å². The second-order valence-corrected chi connectivity index (χ2v) is 7.60. The molecule has 1 atom stereocenters. The highest BCUT2D eigenvalue weighted by molar-refractivity contribution is 7.16. The molecular formula is C14H21ClN2S. The van der Waals surface area contributed by atoms with Gasteiger partial charge in [0.2, 0.25) is 0 Å². The maximum atomic E-state index is 6.01. The summed E-state index contributed by atoms with van der Waals surface area (Å²) >= 11 is 7.73. The van der Waals surface area contributed by atoms with E-state index in [0.29, 0.717) is 5.41 Å². The summed E-state index contributed by atoms with van der Waals surface area (Å²) < 4.78 is 0.913. The van der Waals surface area contributed by atoms with E-state index in [1.807, 2.05) is 6.07 Å². The van der Waals surface area contributed by atoms with Crippen LogP contribution in [0.15, 0.2) is 12.1 Å². The van der Waals surface area contributed by atoms with Gasteiger partial charge in [-0.15, -0.1) is 11.3 Å². The number of piperidine rings is 2. The van der Waals surface area contributed by atoms with Crippen molar-refractivity contribution in [2.75, 3.05) is 26.2 Å². The van der Waals surface area contributed by atoms with E-state index >= 15 is 0 Å². The minimum absolute atomic E-state index is 0.553. The highest BCUT2D eigenvalue weighted by Gasteiger charge is 2.36. The van der Waals surface area contributed by atoms with Crippen molar-refractivity contribution >= 4 is 22.9 Å². The standard InChI is InChI=1S/C14H21ClN2S/c15-13-4-3-12(18-13)9-17-8-2-6-14(11-17)5-1-7-16-10-14/h3-4,16H,1-2,5-11H2. The summed E-state index contributed by atoms with van der Waals surface area (Å²) in [6.45, 7) is 6.02. The van der Waals surface area contributed by atoms with Crippen LogP contribution in [0.4, 0.5) is 0 Å². The second kappa shape index (κ2) is 5.49. The Labute approximate surface area is 118 Å². The summed E-state index contributed by atoms with van der Waals surface area (Å²) in [5.74, 6) is 0. The molecule has 2 fully saturated rings. The van der Waals surface area contributed by atoms with Gasteiger partial charge in [0.1, 0.15) is 0 Å². The molecule has 2 nitrogen and oxygen atoms in total. The summed E-state index contributed by atoms with van der Waals surface area (Å²) in [5.41, 5.74) is 0.553. The monoisotopic (exact) mass is 284 g/mol. The molecular weight excluding hydrogens is 264 g/mol. The molecule has 2 saturated heterocycles. The third kappa shape index (κ3) is 2.90. The van der Waals surface area contributed by atoms with Crippen LogP contribution >= 0.6 is 22.9 Å². The van der Waals surface area contributed by atoms with E-state index in [1.165, 1.54) is 56.7 Å². The third-order valence-electron chi connectivity index (χ3n) is 4.31. The average Bonchev–Trinajstić information content (AvgIpc) is 2.76. The Kier molecular flexibility index (Phi) is 3.94. The first kappa shape index (κ1) is 12.9. The van der Waals surface area contributed by atoms with Crippen LogP contribution in [0.3, 0.4) is 0 Å². The van der Waals surface area contributed by atoms with Gasteiger partial charge in [-0.25, -0.2) is 0 Å². The Morgan fingerprint density at radius 1 is 1.33 bits per heavy atom. The molecule has 1 N–H and O–H groups in total. The van der Waals surface area contributed by atoms with Crippen LogP contribution in [0.5, 0.6) is 0 Å². The van der Waals surface area contributed by atoms with E-state index in [4.69, 9.17) is 11.6 Å². The fraction of sp³-hybridized carbons (Fsp3) is 0.714. The average molecular weight is 285 g/mol. The van der Waals surface area contributed by atoms with Crippen molar-refractivity contribution in [2.45, 2.75) is 32.2 Å². The van der Waals surface area contributed by atoms with Crippen LogP contribution in [0.1, 0.15) is 30.6 Å². The van der Waals surface area contributed by atoms with E-state index < -0.39 is 0 Å². The summed E-state index contributed by atoms with van der Waals surface area (Å²) in [5, 5.41) is 3.59. The van der Waals surface area contributed by atoms with Crippen LogP contribution in [0.25, 0.3) is 0 Å². The van der Waals surface area contributed by atoms with Gasteiger partial charge in [0, 0.05) is 24.5 Å². The first-order valence-corrected chi connectivity index (χ1v) is 8.13. The van der Waals surface area contributed by atoms with E-state index in [2.05, 4.69) is 16.3 Å². The minimum atomic E-state index is 0.553. The number of halogens is 1. The number of hydrogen-bond acceptors (Lipinski definition) is 3. The molecule has 0 amide bonds. The first-order valence-electron chi connectivity index (χ1n) is 6.93. The van der Waals surface area contributed by atoms with Crippen molar-refractivity contribution in [1.82, 2.24) is 10.2 Å². The van der Waals surface area contributed by atoms with Crippen molar-refractivity contribution in [3.05, 3.63) is 21.3 Å². The number of nitrogens with zero attached hydrogens (tertiary/aromatic N) is 1. The lowest BCUT2D eigenvalue weighted by atomic mass is 9.74. The molecule has 1 aromatic rings. The van der Waals surface area contributed by atoms with Crippen LogP contribution < -0.4 is 5.32 Å². The summed E-state index contributed by atoms with van der Waals surface area (Å²) in [7, 11) is 0. The molecule has 0 bridgehead atoms. The number of thiophene rings is 1. The van der Waals surface area contributed by atoms with Crippen molar-refractivity contribution in [2.24, 2.45) is 5.41 Å². The topological polar surface area (TPSA) is 15.3 Å². The Bertz CT molecular complexity index is 393. The van der Waals surface area contributed by atoms with Crippen molar-refractivity contribution in [1.29, 1.82) is 0 Å². The van der Waals surface area contributed by atoms with E-state index in [-0.39, 0.29) is 0 Å². The Morgan fingerprint density at radius 2 is 2.22 bits per heavy atom. The molecule has 1 unspecified atom stereocenters. The third-order valence-corrected chi connectivity index (χ3v) is 5.53. The minimum Gasteiger partial charge on any atom is -0.316 e. The molecule has 0 radical (unpaired) electrons. The molecule has 3 rings (SSSR count). The number of likely N-dealkylation sites (tertiary alicyclic amines) is 1. The maximum Gasteiger partial charge on any atom is 0.0931 e. The van der Waals surface area contributed by atoms with Gasteiger partial charge in [0.15, 0.2) is 0 Å². The molecule has 1 spiro atoms. The van der Waals surface area contributed by atoms with Gasteiger partial charge in [-0.1, -0.05) is 11.6 Å². The van der Waals surface area contributed by atoms with Gasteiger partial charge in [0.05, 0.1) is 4.34 Å². The van der Waals surface area contributed by atoms with Gasteiger partial charge >= 0.3 is 0 Å². The lowest BCUT2D eigenvalue weighted by Crippen LogP contribution is -2.50. The highest BCUT2D eigenvalue weighted by Crippen LogP contribution is 2.36. The molecule has 1 aromatic heterocycles. The molecule has 0 saturated carbocycles. The number of hydrogen-bond donors (Lipinski definition) is 1. The van der Waals surface area contributed by atoms with Gasteiger partial charge in [0.25, 0.3) is 0 Å². The predicted molar refractivity (Wildman–Crippen MR) is 78.4 cm³/mol. The van der Waals surface area contributed by atoms with Gasteiger partial charge in [-0.2, -0.15) is 0 Å². The zero-order valence-corrected chi connectivity index (χ0v) is 12.3. The van der Waals surface area contributed by atoms with Crippen molar-refractivity contribution in [3.8, 4) is 0 Å². The van der Waals surface area contributed by atoms with Gasteiger partial charge < -0.3 is 5.32 Å². The van der Waals surface area contributed by atoms with Crippen LogP contribution in [-0.4, -0.2) is 31.1 Å². The molecule has 2 aliphatic rings. The van der Waals surface area contributed by atoms with Gasteiger partial charge in [-0.05, 0) is 56.3 Å². The lowest BCUT2D eigenvalue weighted by Gasteiger charge is -2.45. The number of rotatable bonds is 2. The van der Waals surface area contributed by atoms with Crippen LogP contribution in [0.2, 0.25) is 4.34 Å². The van der Waals surface area contributed by atoms with E-state index in [9.17, 15) is 0 Å². The van der Waals surface area contributed by atoms with Crippen LogP contribution in [-0.2, 0) is 6.54 Å². The smallest absolute Gasteiger partial charge is 0.0931 e.